The Morgan fingerprint density at radius 1 is 1.19 bits per heavy atom. The summed E-state index contributed by atoms with van der Waals surface area (Å²) in [5.41, 5.74) is 1.63. The molecule has 0 aliphatic carbocycles. The fourth-order valence-corrected chi connectivity index (χ4v) is 8.40. The SMILES string of the molecule is C=S(=O)(c1cnc(-c2cc3cnc(Nc4ccc(N5CC(C)NC(C)C5)c(F)c4)nc3n(C3CCOC3)c2=O)s1)C(C)C. The highest BCUT2D eigenvalue weighted by atomic mass is 32.2. The third kappa shape index (κ3) is 5.78. The first-order valence-corrected chi connectivity index (χ1v) is 17.0. The number of nitrogens with zero attached hydrogens (tertiary/aromatic N) is 5. The molecule has 0 radical (unpaired) electrons. The zero-order valence-electron chi connectivity index (χ0n) is 24.7. The van der Waals surface area contributed by atoms with Gasteiger partial charge < -0.3 is 20.3 Å². The van der Waals surface area contributed by atoms with Crippen LogP contribution in [0, 0.1) is 5.82 Å². The Balaban J connectivity index is 1.35. The quantitative estimate of drug-likeness (QED) is 0.288. The Labute approximate surface area is 254 Å². The first kappa shape index (κ1) is 29.7. The van der Waals surface area contributed by atoms with Crippen molar-refractivity contribution in [2.24, 2.45) is 0 Å². The van der Waals surface area contributed by atoms with E-state index < -0.39 is 9.52 Å². The molecule has 4 unspecified atom stereocenters. The van der Waals surface area contributed by atoms with Gasteiger partial charge in [0, 0.05) is 63.8 Å². The Morgan fingerprint density at radius 2 is 1.95 bits per heavy atom. The van der Waals surface area contributed by atoms with Crippen molar-refractivity contribution in [2.45, 2.75) is 61.7 Å². The predicted molar refractivity (Wildman–Crippen MR) is 172 cm³/mol. The predicted octanol–water partition coefficient (Wildman–Crippen LogP) is 4.43. The summed E-state index contributed by atoms with van der Waals surface area (Å²) in [6.07, 6.45) is 3.85. The lowest BCUT2D eigenvalue weighted by molar-refractivity contribution is 0.186. The van der Waals surface area contributed by atoms with Crippen molar-refractivity contribution in [2.75, 3.05) is 36.5 Å². The van der Waals surface area contributed by atoms with Gasteiger partial charge in [-0.15, -0.1) is 11.3 Å². The van der Waals surface area contributed by atoms with E-state index in [1.807, 2.05) is 19.9 Å². The number of piperazine rings is 1. The van der Waals surface area contributed by atoms with E-state index in [2.05, 4.69) is 45.2 Å². The zero-order chi connectivity index (χ0) is 30.5. The lowest BCUT2D eigenvalue weighted by Crippen LogP contribution is -2.54. The Kier molecular flexibility index (Phi) is 8.01. The van der Waals surface area contributed by atoms with Gasteiger partial charge in [0.25, 0.3) is 5.56 Å². The van der Waals surface area contributed by atoms with E-state index in [-0.39, 0.29) is 40.7 Å². The molecule has 6 rings (SSSR count). The van der Waals surface area contributed by atoms with Crippen LogP contribution in [0.3, 0.4) is 0 Å². The van der Waals surface area contributed by atoms with Gasteiger partial charge in [0.15, 0.2) is 0 Å². The second-order valence-electron chi connectivity index (χ2n) is 11.6. The van der Waals surface area contributed by atoms with Gasteiger partial charge in [0.05, 0.1) is 30.1 Å². The molecular weight excluding hydrogens is 590 g/mol. The smallest absolute Gasteiger partial charge is 0.262 e. The van der Waals surface area contributed by atoms with Crippen molar-refractivity contribution in [1.82, 2.24) is 24.8 Å². The van der Waals surface area contributed by atoms with Crippen LogP contribution in [0.15, 0.2) is 45.7 Å². The molecule has 2 saturated heterocycles. The van der Waals surface area contributed by atoms with E-state index in [1.165, 1.54) is 17.4 Å². The molecule has 0 amide bonds. The topological polar surface area (TPSA) is 114 Å². The van der Waals surface area contributed by atoms with Gasteiger partial charge in [-0.3, -0.25) is 13.6 Å². The summed E-state index contributed by atoms with van der Waals surface area (Å²) in [7, 11) is -2.54. The third-order valence-corrected chi connectivity index (χ3v) is 12.2. The highest BCUT2D eigenvalue weighted by molar-refractivity contribution is 8.02. The number of anilines is 3. The molecule has 43 heavy (non-hydrogen) atoms. The van der Waals surface area contributed by atoms with Crippen molar-refractivity contribution in [3.8, 4) is 10.6 Å². The summed E-state index contributed by atoms with van der Waals surface area (Å²) < 4.78 is 36.2. The largest absolute Gasteiger partial charge is 0.379 e. The molecule has 5 heterocycles. The number of halogens is 1. The minimum atomic E-state index is -2.54. The molecular formula is C30H36FN7O3S2. The lowest BCUT2D eigenvalue weighted by Gasteiger charge is -2.37. The highest BCUT2D eigenvalue weighted by Gasteiger charge is 2.26. The molecule has 13 heteroatoms. The van der Waals surface area contributed by atoms with Crippen LogP contribution >= 0.6 is 11.3 Å². The van der Waals surface area contributed by atoms with Crippen LogP contribution in [0.5, 0.6) is 0 Å². The van der Waals surface area contributed by atoms with E-state index >= 15 is 4.39 Å². The molecule has 1 aromatic carbocycles. The standard InChI is InChI=1S/C30H36FN7O3S2/c1-17(2)43(5,40)26-13-32-28(42-26)23-10-20-12-33-30(36-27(20)38(29(23)39)22-8-9-41-16-22)35-21-6-7-25(24(31)11-21)37-14-18(3)34-19(4)15-37/h6-7,10-13,17-19,22,34H,5,8-9,14-16H2,1-4H3,(H,33,35,36). The summed E-state index contributed by atoms with van der Waals surface area (Å²) in [5.74, 6) is 3.84. The van der Waals surface area contributed by atoms with Crippen LogP contribution in [0.25, 0.3) is 21.6 Å². The van der Waals surface area contributed by atoms with Gasteiger partial charge in [0.1, 0.15) is 20.7 Å². The molecule has 0 saturated carbocycles. The molecule has 3 aromatic heterocycles. The van der Waals surface area contributed by atoms with Gasteiger partial charge in [0.2, 0.25) is 5.95 Å². The van der Waals surface area contributed by atoms with Gasteiger partial charge >= 0.3 is 0 Å². The van der Waals surface area contributed by atoms with Crippen LogP contribution in [0.1, 0.15) is 40.2 Å². The van der Waals surface area contributed by atoms with Gasteiger partial charge in [-0.25, -0.2) is 14.4 Å². The van der Waals surface area contributed by atoms with E-state index in [9.17, 15) is 9.00 Å². The fraction of sp³-hybridized carbons (Fsp3) is 0.433. The number of nitrogens with one attached hydrogen (secondary N) is 2. The summed E-state index contributed by atoms with van der Waals surface area (Å²) >= 11 is 1.22. The van der Waals surface area contributed by atoms with E-state index in [0.29, 0.717) is 56.8 Å². The van der Waals surface area contributed by atoms with E-state index in [0.717, 1.165) is 13.1 Å². The summed E-state index contributed by atoms with van der Waals surface area (Å²) in [6, 6.07) is 7.05. The molecule has 0 spiro atoms. The molecule has 10 nitrogen and oxygen atoms in total. The number of rotatable bonds is 7. The number of benzene rings is 1. The average molecular weight is 626 g/mol. The third-order valence-electron chi connectivity index (χ3n) is 7.96. The van der Waals surface area contributed by atoms with Crippen molar-refractivity contribution < 1.29 is 13.3 Å². The van der Waals surface area contributed by atoms with Crippen molar-refractivity contribution >= 4 is 55.1 Å². The monoisotopic (exact) mass is 625 g/mol. The number of aromatic nitrogens is 4. The molecule has 4 atom stereocenters. The summed E-state index contributed by atoms with van der Waals surface area (Å²) in [5, 5.41) is 7.53. The van der Waals surface area contributed by atoms with Crippen molar-refractivity contribution in [3.63, 3.8) is 0 Å². The first-order valence-electron chi connectivity index (χ1n) is 14.4. The van der Waals surface area contributed by atoms with Crippen molar-refractivity contribution in [3.05, 3.63) is 52.8 Å². The van der Waals surface area contributed by atoms with Gasteiger partial charge in [-0.2, -0.15) is 4.98 Å². The zero-order valence-corrected chi connectivity index (χ0v) is 26.3. The number of hydrogen-bond donors (Lipinski definition) is 2. The molecule has 2 aliphatic rings. The first-order chi connectivity index (χ1) is 20.5. The van der Waals surface area contributed by atoms with Gasteiger partial charge in [-0.05, 0) is 50.4 Å². The molecule has 2 N–H and O–H groups in total. The van der Waals surface area contributed by atoms with E-state index in [4.69, 9.17) is 9.72 Å². The summed E-state index contributed by atoms with van der Waals surface area (Å²) in [6.45, 7) is 10.3. The Hall–Kier alpha value is -3.39. The number of fused-ring (bicyclic) bond motifs is 1. The molecule has 2 fully saturated rings. The Morgan fingerprint density at radius 3 is 2.63 bits per heavy atom. The van der Waals surface area contributed by atoms with E-state index in [1.54, 1.807) is 29.1 Å². The number of ether oxygens (including phenoxy) is 1. The molecule has 0 bridgehead atoms. The maximum absolute atomic E-state index is 15.3. The maximum atomic E-state index is 15.3. The number of pyridine rings is 1. The molecule has 2 aliphatic heterocycles. The minimum absolute atomic E-state index is 0.164. The average Bonchev–Trinajstić information content (AvgIpc) is 3.66. The molecule has 228 valence electrons. The number of hydrogen-bond acceptors (Lipinski definition) is 10. The van der Waals surface area contributed by atoms with Crippen LogP contribution in [-0.4, -0.2) is 73.2 Å². The second-order valence-corrected chi connectivity index (χ2v) is 15.8. The van der Waals surface area contributed by atoms with Crippen LogP contribution in [0.2, 0.25) is 0 Å². The van der Waals surface area contributed by atoms with Crippen LogP contribution in [0.4, 0.5) is 21.7 Å². The fourth-order valence-electron chi connectivity index (χ4n) is 5.67. The minimum Gasteiger partial charge on any atom is -0.379 e. The van der Waals surface area contributed by atoms with Crippen LogP contribution in [-0.2, 0) is 14.3 Å². The highest BCUT2D eigenvalue weighted by Crippen LogP contribution is 2.32. The Bertz CT molecular complexity index is 1820. The normalized spacial score (nSPS) is 22.3. The van der Waals surface area contributed by atoms with Crippen LogP contribution < -0.4 is 21.1 Å². The molecule has 4 aromatic rings. The second kappa shape index (κ2) is 11.6. The lowest BCUT2D eigenvalue weighted by atomic mass is 10.1. The maximum Gasteiger partial charge on any atom is 0.262 e. The number of thiazole rings is 1. The van der Waals surface area contributed by atoms with Gasteiger partial charge in [-0.1, -0.05) is 13.8 Å². The summed E-state index contributed by atoms with van der Waals surface area (Å²) in [4.78, 5) is 29.7. The van der Waals surface area contributed by atoms with Crippen molar-refractivity contribution in [1.29, 1.82) is 0 Å².